The molecular weight excluding hydrogens is 270 g/mol. The molecule has 0 aliphatic heterocycles. The molecule has 0 spiro atoms. The molecule has 1 N–H and O–H groups in total. The topological polar surface area (TPSA) is 12.0 Å². The molecule has 84 valence electrons. The lowest BCUT2D eigenvalue weighted by molar-refractivity contribution is 0.625. The van der Waals surface area contributed by atoms with Crippen LogP contribution in [0.2, 0.25) is 0 Å². The number of rotatable bonds is 5. The third-order valence-electron chi connectivity index (χ3n) is 2.14. The van der Waals surface area contributed by atoms with Gasteiger partial charge < -0.3 is 5.32 Å². The average molecular weight is 288 g/mol. The van der Waals surface area contributed by atoms with Crippen molar-refractivity contribution < 1.29 is 0 Å². The highest BCUT2D eigenvalue weighted by Crippen LogP contribution is 2.27. The maximum absolute atomic E-state index is 3.53. The molecule has 0 aromatic carbocycles. The third-order valence-corrected chi connectivity index (χ3v) is 4.24. The van der Waals surface area contributed by atoms with E-state index in [-0.39, 0.29) is 0 Å². The molecule has 0 fully saturated rings. The molecule has 1 unspecified atom stereocenters. The van der Waals surface area contributed by atoms with E-state index in [1.807, 2.05) is 11.3 Å². The summed E-state index contributed by atoms with van der Waals surface area (Å²) in [4.78, 5) is 2.65. The standard InChI is InChI=1S/C12H18BrNS/c1-4-7-14-9(2)5-6-11-8-12(13)10(3)15-11/h5-6,8-9,14H,4,7H2,1-3H3/b6-5+. The van der Waals surface area contributed by atoms with Crippen molar-refractivity contribution in [1.29, 1.82) is 0 Å². The van der Waals surface area contributed by atoms with Crippen LogP contribution in [0.3, 0.4) is 0 Å². The molecular formula is C12H18BrNS. The minimum absolute atomic E-state index is 0.450. The number of hydrogen-bond acceptors (Lipinski definition) is 2. The molecule has 15 heavy (non-hydrogen) atoms. The second-order valence-corrected chi connectivity index (χ2v) is 5.80. The number of hydrogen-bond donors (Lipinski definition) is 1. The fraction of sp³-hybridized carbons (Fsp3) is 0.500. The highest BCUT2D eigenvalue weighted by Gasteiger charge is 2.00. The SMILES string of the molecule is CCCNC(C)/C=C/c1cc(Br)c(C)s1. The van der Waals surface area contributed by atoms with Gasteiger partial charge in [-0.1, -0.05) is 13.0 Å². The van der Waals surface area contributed by atoms with Crippen LogP contribution in [-0.4, -0.2) is 12.6 Å². The van der Waals surface area contributed by atoms with Crippen LogP contribution in [0.4, 0.5) is 0 Å². The van der Waals surface area contributed by atoms with Crippen LogP contribution in [0.15, 0.2) is 16.6 Å². The summed E-state index contributed by atoms with van der Waals surface area (Å²) in [6.07, 6.45) is 5.59. The Labute approximate surface area is 105 Å². The summed E-state index contributed by atoms with van der Waals surface area (Å²) in [7, 11) is 0. The molecule has 0 aliphatic rings. The van der Waals surface area contributed by atoms with Gasteiger partial charge in [-0.05, 0) is 54.9 Å². The summed E-state index contributed by atoms with van der Waals surface area (Å²) in [5.41, 5.74) is 0. The van der Waals surface area contributed by atoms with Gasteiger partial charge in [0.15, 0.2) is 0 Å². The molecule has 1 nitrogen and oxygen atoms in total. The van der Waals surface area contributed by atoms with Crippen LogP contribution in [0.1, 0.15) is 30.0 Å². The summed E-state index contributed by atoms with van der Waals surface area (Å²) in [6, 6.07) is 2.62. The Balaban J connectivity index is 2.49. The Morgan fingerprint density at radius 3 is 2.87 bits per heavy atom. The Bertz CT molecular complexity index is 311. The van der Waals surface area contributed by atoms with E-state index < -0.39 is 0 Å². The predicted octanol–water partition coefficient (Wildman–Crippen LogP) is 4.22. The first kappa shape index (κ1) is 12.9. The van der Waals surface area contributed by atoms with E-state index >= 15 is 0 Å². The quantitative estimate of drug-likeness (QED) is 0.855. The molecule has 1 aromatic heterocycles. The van der Waals surface area contributed by atoms with Gasteiger partial charge in [-0.2, -0.15) is 0 Å². The van der Waals surface area contributed by atoms with Crippen molar-refractivity contribution in [3.05, 3.63) is 26.4 Å². The summed E-state index contributed by atoms with van der Waals surface area (Å²) < 4.78 is 1.21. The minimum Gasteiger partial charge on any atom is -0.311 e. The lowest BCUT2D eigenvalue weighted by Gasteiger charge is -2.06. The van der Waals surface area contributed by atoms with E-state index in [1.54, 1.807) is 0 Å². The second-order valence-electron chi connectivity index (χ2n) is 3.65. The molecule has 0 radical (unpaired) electrons. The van der Waals surface area contributed by atoms with Crippen molar-refractivity contribution >= 4 is 33.3 Å². The van der Waals surface area contributed by atoms with Crippen molar-refractivity contribution in [3.8, 4) is 0 Å². The molecule has 0 amide bonds. The molecule has 0 bridgehead atoms. The second kappa shape index (κ2) is 6.46. The van der Waals surface area contributed by atoms with Gasteiger partial charge in [0.25, 0.3) is 0 Å². The number of halogens is 1. The smallest absolute Gasteiger partial charge is 0.0317 e. The van der Waals surface area contributed by atoms with Gasteiger partial charge in [-0.25, -0.2) is 0 Å². The first-order valence-electron chi connectivity index (χ1n) is 5.31. The van der Waals surface area contributed by atoms with Crippen LogP contribution in [-0.2, 0) is 0 Å². The van der Waals surface area contributed by atoms with Gasteiger partial charge in [0.1, 0.15) is 0 Å². The van der Waals surface area contributed by atoms with Crippen molar-refractivity contribution in [2.24, 2.45) is 0 Å². The molecule has 0 saturated heterocycles. The number of aryl methyl sites for hydroxylation is 1. The maximum Gasteiger partial charge on any atom is 0.0317 e. The first-order valence-corrected chi connectivity index (χ1v) is 6.92. The molecule has 3 heteroatoms. The fourth-order valence-corrected chi connectivity index (χ4v) is 2.72. The average Bonchev–Trinajstić information content (AvgIpc) is 2.52. The van der Waals surface area contributed by atoms with Crippen LogP contribution < -0.4 is 5.32 Å². The van der Waals surface area contributed by atoms with Crippen molar-refractivity contribution in [1.82, 2.24) is 5.32 Å². The minimum atomic E-state index is 0.450. The van der Waals surface area contributed by atoms with Gasteiger partial charge >= 0.3 is 0 Å². The Hall–Kier alpha value is -0.120. The summed E-state index contributed by atoms with van der Waals surface area (Å²) in [6.45, 7) is 7.58. The highest BCUT2D eigenvalue weighted by molar-refractivity contribution is 9.10. The molecule has 1 heterocycles. The zero-order valence-corrected chi connectivity index (χ0v) is 11.9. The van der Waals surface area contributed by atoms with E-state index in [1.165, 1.54) is 20.6 Å². The summed E-state index contributed by atoms with van der Waals surface area (Å²) in [5.74, 6) is 0. The van der Waals surface area contributed by atoms with Crippen LogP contribution in [0, 0.1) is 6.92 Å². The Morgan fingerprint density at radius 2 is 2.33 bits per heavy atom. The lowest BCUT2D eigenvalue weighted by Crippen LogP contribution is -2.24. The van der Waals surface area contributed by atoms with Crippen LogP contribution in [0.5, 0.6) is 0 Å². The Kier molecular flexibility index (Phi) is 5.58. The molecule has 1 atom stereocenters. The zero-order valence-electron chi connectivity index (χ0n) is 9.51. The normalized spacial score (nSPS) is 13.6. The van der Waals surface area contributed by atoms with Gasteiger partial charge in [0.05, 0.1) is 0 Å². The largest absolute Gasteiger partial charge is 0.311 e. The first-order chi connectivity index (χ1) is 7.13. The van der Waals surface area contributed by atoms with Gasteiger partial charge in [0, 0.05) is 20.3 Å². The van der Waals surface area contributed by atoms with Crippen molar-refractivity contribution in [3.63, 3.8) is 0 Å². The third kappa shape index (κ3) is 4.49. The van der Waals surface area contributed by atoms with E-state index in [2.05, 4.69) is 60.2 Å². The van der Waals surface area contributed by atoms with Gasteiger partial charge in [0.2, 0.25) is 0 Å². The summed E-state index contributed by atoms with van der Waals surface area (Å²) in [5, 5.41) is 3.43. The number of nitrogens with one attached hydrogen (secondary N) is 1. The van der Waals surface area contributed by atoms with Crippen molar-refractivity contribution in [2.75, 3.05) is 6.54 Å². The maximum atomic E-state index is 3.53. The molecule has 0 saturated carbocycles. The zero-order chi connectivity index (χ0) is 11.3. The monoisotopic (exact) mass is 287 g/mol. The fourth-order valence-electron chi connectivity index (χ4n) is 1.24. The highest BCUT2D eigenvalue weighted by atomic mass is 79.9. The number of thiophene rings is 1. The van der Waals surface area contributed by atoms with Gasteiger partial charge in [-0.3, -0.25) is 0 Å². The van der Waals surface area contributed by atoms with E-state index in [4.69, 9.17) is 0 Å². The molecule has 1 rings (SSSR count). The summed E-state index contributed by atoms with van der Waals surface area (Å²) >= 11 is 5.34. The van der Waals surface area contributed by atoms with Crippen LogP contribution >= 0.6 is 27.3 Å². The van der Waals surface area contributed by atoms with Crippen molar-refractivity contribution in [2.45, 2.75) is 33.2 Å². The Morgan fingerprint density at radius 1 is 1.60 bits per heavy atom. The molecule has 1 aromatic rings. The molecule has 0 aliphatic carbocycles. The lowest BCUT2D eigenvalue weighted by atomic mass is 10.3. The van der Waals surface area contributed by atoms with E-state index in [0.717, 1.165) is 6.54 Å². The predicted molar refractivity (Wildman–Crippen MR) is 73.5 cm³/mol. The van der Waals surface area contributed by atoms with Crippen LogP contribution in [0.25, 0.3) is 6.08 Å². The van der Waals surface area contributed by atoms with E-state index in [0.29, 0.717) is 6.04 Å². The van der Waals surface area contributed by atoms with E-state index in [9.17, 15) is 0 Å². The van der Waals surface area contributed by atoms with Gasteiger partial charge in [-0.15, -0.1) is 11.3 Å².